The maximum atomic E-state index is 13.2. The third-order valence-corrected chi connectivity index (χ3v) is 6.36. The monoisotopic (exact) mass is 463 g/mol. The normalized spacial score (nSPS) is 17.7. The number of ether oxygens (including phenoxy) is 1. The molecule has 7 nitrogen and oxygen atoms in total. The molecule has 1 aliphatic rings. The van der Waals surface area contributed by atoms with Crippen molar-refractivity contribution in [3.8, 4) is 5.75 Å². The Labute approximate surface area is 196 Å². The lowest BCUT2D eigenvalue weighted by molar-refractivity contribution is -0.132. The van der Waals surface area contributed by atoms with E-state index >= 15 is 0 Å². The summed E-state index contributed by atoms with van der Waals surface area (Å²) in [6.45, 7) is 8.37. The Kier molecular flexibility index (Phi) is 6.29. The van der Waals surface area contributed by atoms with Crippen molar-refractivity contribution in [1.82, 2.24) is 10.2 Å². The first-order chi connectivity index (χ1) is 15.8. The van der Waals surface area contributed by atoms with Crippen LogP contribution < -0.4 is 9.64 Å². The molecule has 170 valence electrons. The molecular formula is C25H25N3O4S. The van der Waals surface area contributed by atoms with Gasteiger partial charge >= 0.3 is 5.91 Å². The fourth-order valence-electron chi connectivity index (χ4n) is 3.82. The van der Waals surface area contributed by atoms with Crippen molar-refractivity contribution in [2.45, 2.75) is 39.7 Å². The van der Waals surface area contributed by atoms with Gasteiger partial charge in [0.25, 0.3) is 5.78 Å². The molecule has 1 aromatic heterocycles. The first kappa shape index (κ1) is 22.7. The Hall–Kier alpha value is -3.52. The van der Waals surface area contributed by atoms with E-state index in [0.717, 1.165) is 5.56 Å². The minimum Gasteiger partial charge on any atom is -0.507 e. The van der Waals surface area contributed by atoms with E-state index < -0.39 is 17.7 Å². The molecule has 1 saturated heterocycles. The standard InChI is InChI=1S/C25H25N3O4S/c1-5-32-19-12-10-18(11-13-19)22(29)20-21(17-8-6-16(7-9-17)14(2)3)28(24(31)23(20)30)25-27-26-15(4)33-25/h6-14,21,29H,5H2,1-4H3/b22-20-. The third kappa shape index (κ3) is 4.26. The zero-order chi connectivity index (χ0) is 23.7. The molecule has 33 heavy (non-hydrogen) atoms. The summed E-state index contributed by atoms with van der Waals surface area (Å²) in [6.07, 6.45) is 0. The van der Waals surface area contributed by atoms with Crippen LogP contribution in [-0.4, -0.2) is 33.6 Å². The van der Waals surface area contributed by atoms with Crippen molar-refractivity contribution in [3.63, 3.8) is 0 Å². The van der Waals surface area contributed by atoms with Crippen molar-refractivity contribution >= 4 is 33.9 Å². The molecule has 1 amide bonds. The third-order valence-electron chi connectivity index (χ3n) is 5.52. The largest absolute Gasteiger partial charge is 0.507 e. The maximum absolute atomic E-state index is 13.2. The van der Waals surface area contributed by atoms with Crippen LogP contribution in [0.25, 0.3) is 5.76 Å². The molecule has 4 rings (SSSR count). The number of amides is 1. The highest BCUT2D eigenvalue weighted by Crippen LogP contribution is 2.43. The van der Waals surface area contributed by atoms with Crippen LogP contribution in [0.2, 0.25) is 0 Å². The van der Waals surface area contributed by atoms with E-state index in [4.69, 9.17) is 4.74 Å². The van der Waals surface area contributed by atoms with Crippen LogP contribution in [-0.2, 0) is 9.59 Å². The highest BCUT2D eigenvalue weighted by atomic mass is 32.1. The number of aromatic nitrogens is 2. The van der Waals surface area contributed by atoms with Gasteiger partial charge in [-0.25, -0.2) is 0 Å². The number of carbonyl (C=O) groups is 2. The summed E-state index contributed by atoms with van der Waals surface area (Å²) in [4.78, 5) is 27.6. The number of hydrogen-bond acceptors (Lipinski definition) is 7. The van der Waals surface area contributed by atoms with E-state index in [1.807, 2.05) is 31.2 Å². The number of rotatable bonds is 6. The Bertz CT molecular complexity index is 1210. The second-order valence-electron chi connectivity index (χ2n) is 8.05. The van der Waals surface area contributed by atoms with E-state index in [9.17, 15) is 14.7 Å². The van der Waals surface area contributed by atoms with Crippen LogP contribution in [0.15, 0.2) is 54.1 Å². The molecule has 2 heterocycles. The van der Waals surface area contributed by atoms with Gasteiger partial charge in [-0.1, -0.05) is 49.4 Å². The Morgan fingerprint density at radius 1 is 1.09 bits per heavy atom. The molecule has 1 atom stereocenters. The van der Waals surface area contributed by atoms with Gasteiger partial charge in [0.2, 0.25) is 5.13 Å². The number of carbonyl (C=O) groups excluding carboxylic acids is 2. The van der Waals surface area contributed by atoms with Gasteiger partial charge in [0, 0.05) is 5.56 Å². The van der Waals surface area contributed by atoms with Crippen LogP contribution in [0.5, 0.6) is 5.75 Å². The number of nitrogens with zero attached hydrogens (tertiary/aromatic N) is 3. The quantitative estimate of drug-likeness (QED) is 0.314. The molecule has 0 bridgehead atoms. The van der Waals surface area contributed by atoms with Crippen LogP contribution in [0, 0.1) is 6.92 Å². The van der Waals surface area contributed by atoms with Crippen LogP contribution in [0.1, 0.15) is 54.4 Å². The molecule has 0 spiro atoms. The summed E-state index contributed by atoms with van der Waals surface area (Å²) >= 11 is 1.22. The molecule has 2 aromatic carbocycles. The van der Waals surface area contributed by atoms with Gasteiger partial charge in [-0.3, -0.25) is 14.5 Å². The number of anilines is 1. The van der Waals surface area contributed by atoms with Crippen molar-refractivity contribution in [3.05, 3.63) is 75.8 Å². The van der Waals surface area contributed by atoms with E-state index in [2.05, 4.69) is 24.0 Å². The molecule has 1 aliphatic heterocycles. The number of aryl methyl sites for hydroxylation is 1. The molecular weight excluding hydrogens is 438 g/mol. The number of aliphatic hydroxyl groups excluding tert-OH is 1. The number of ketones is 1. The molecule has 0 saturated carbocycles. The molecule has 0 aliphatic carbocycles. The average molecular weight is 464 g/mol. The topological polar surface area (TPSA) is 92.6 Å². The van der Waals surface area contributed by atoms with Crippen LogP contribution in [0.3, 0.4) is 0 Å². The first-order valence-electron chi connectivity index (χ1n) is 10.8. The van der Waals surface area contributed by atoms with E-state index in [1.54, 1.807) is 31.2 Å². The molecule has 1 fully saturated rings. The Morgan fingerprint density at radius 2 is 1.76 bits per heavy atom. The van der Waals surface area contributed by atoms with Gasteiger partial charge in [-0.2, -0.15) is 0 Å². The summed E-state index contributed by atoms with van der Waals surface area (Å²) in [5.41, 5.74) is 2.29. The summed E-state index contributed by atoms with van der Waals surface area (Å²) in [6, 6.07) is 13.7. The van der Waals surface area contributed by atoms with Gasteiger partial charge in [-0.15, -0.1) is 10.2 Å². The van der Waals surface area contributed by atoms with Crippen LogP contribution in [0.4, 0.5) is 5.13 Å². The average Bonchev–Trinajstić information content (AvgIpc) is 3.34. The second-order valence-corrected chi connectivity index (χ2v) is 9.21. The lowest BCUT2D eigenvalue weighted by Crippen LogP contribution is -2.29. The number of Topliss-reactive ketones (excluding diaryl/α,β-unsaturated/α-hetero) is 1. The number of aliphatic hydroxyl groups is 1. The minimum absolute atomic E-state index is 0.0225. The number of benzene rings is 2. The molecule has 8 heteroatoms. The van der Waals surface area contributed by atoms with E-state index in [0.29, 0.717) is 39.5 Å². The second kappa shape index (κ2) is 9.15. The minimum atomic E-state index is -0.815. The van der Waals surface area contributed by atoms with Gasteiger partial charge < -0.3 is 9.84 Å². The van der Waals surface area contributed by atoms with E-state index in [-0.39, 0.29) is 11.3 Å². The van der Waals surface area contributed by atoms with Crippen molar-refractivity contribution in [2.24, 2.45) is 0 Å². The molecule has 3 aromatic rings. The fraction of sp³-hybridized carbons (Fsp3) is 0.280. The van der Waals surface area contributed by atoms with Gasteiger partial charge in [0.05, 0.1) is 18.2 Å². The van der Waals surface area contributed by atoms with Crippen molar-refractivity contribution in [2.75, 3.05) is 11.5 Å². The Balaban J connectivity index is 1.86. The summed E-state index contributed by atoms with van der Waals surface area (Å²) < 4.78 is 5.46. The lowest BCUT2D eigenvalue weighted by atomic mass is 9.93. The highest BCUT2D eigenvalue weighted by molar-refractivity contribution is 7.15. The molecule has 1 N–H and O–H groups in total. The lowest BCUT2D eigenvalue weighted by Gasteiger charge is -2.23. The summed E-state index contributed by atoms with van der Waals surface area (Å²) in [5, 5.41) is 20.3. The van der Waals surface area contributed by atoms with Gasteiger partial charge in [-0.05, 0) is 55.2 Å². The zero-order valence-corrected chi connectivity index (χ0v) is 19.7. The SMILES string of the molecule is CCOc1ccc(/C(O)=C2/C(=O)C(=O)N(c3nnc(C)s3)C2c2ccc(C(C)C)cc2)cc1. The first-order valence-corrected chi connectivity index (χ1v) is 11.6. The van der Waals surface area contributed by atoms with Crippen molar-refractivity contribution in [1.29, 1.82) is 0 Å². The predicted octanol–water partition coefficient (Wildman–Crippen LogP) is 4.99. The molecule has 1 unspecified atom stereocenters. The summed E-state index contributed by atoms with van der Waals surface area (Å²) in [5.74, 6) is -0.749. The van der Waals surface area contributed by atoms with Gasteiger partial charge in [0.15, 0.2) is 0 Å². The fourth-order valence-corrected chi connectivity index (χ4v) is 4.54. The van der Waals surface area contributed by atoms with Crippen molar-refractivity contribution < 1.29 is 19.4 Å². The smallest absolute Gasteiger partial charge is 0.301 e. The zero-order valence-electron chi connectivity index (χ0n) is 18.9. The highest BCUT2D eigenvalue weighted by Gasteiger charge is 2.48. The van der Waals surface area contributed by atoms with E-state index in [1.165, 1.54) is 16.2 Å². The number of hydrogen-bond donors (Lipinski definition) is 1. The maximum Gasteiger partial charge on any atom is 0.301 e. The predicted molar refractivity (Wildman–Crippen MR) is 128 cm³/mol. The Morgan fingerprint density at radius 3 is 2.30 bits per heavy atom. The van der Waals surface area contributed by atoms with Gasteiger partial charge in [0.1, 0.15) is 16.5 Å². The van der Waals surface area contributed by atoms with Crippen LogP contribution >= 0.6 is 11.3 Å². The summed E-state index contributed by atoms with van der Waals surface area (Å²) in [7, 11) is 0. The molecule has 0 radical (unpaired) electrons.